The monoisotopic (exact) mass is 675 g/mol. The summed E-state index contributed by atoms with van der Waals surface area (Å²) in [7, 11) is -4.22. The number of hydrogen-bond acceptors (Lipinski definition) is 7. The first kappa shape index (κ1) is 38.9. The lowest BCUT2D eigenvalue weighted by Gasteiger charge is -2.09. The van der Waals surface area contributed by atoms with Crippen LogP contribution in [0.3, 0.4) is 0 Å². The number of aromatic nitrogens is 4. The van der Waals surface area contributed by atoms with Crippen molar-refractivity contribution >= 4 is 24.7 Å². The normalized spacial score (nSPS) is 11.9. The standard InChI is InChI=1S/C35H58N5O6P/c41-34-32-33(40(29-37-32)25-28-46-30-47(42,43)44)38-35(39-34)36-24-27-45-26-20-15-13-11-9-7-5-3-1-2-4-6-8-10-12-14-17-21-31-22-18-16-19-23-31/h16,18-19,22-23,29H,1-15,17,20-21,24-28,30H2,(H2,42,43,44)(H2,36,38,39,41). The third-order valence-corrected chi connectivity index (χ3v) is 8.87. The number of aryl methyl sites for hydroxylation is 1. The first-order valence-electron chi connectivity index (χ1n) is 17.9. The van der Waals surface area contributed by atoms with Gasteiger partial charge in [0.1, 0.15) is 6.35 Å². The van der Waals surface area contributed by atoms with Crippen LogP contribution < -0.4 is 10.9 Å². The van der Waals surface area contributed by atoms with E-state index in [0.29, 0.717) is 24.7 Å². The molecule has 11 nitrogen and oxygen atoms in total. The first-order chi connectivity index (χ1) is 22.9. The summed E-state index contributed by atoms with van der Waals surface area (Å²) < 4.78 is 23.3. The van der Waals surface area contributed by atoms with Crippen molar-refractivity contribution in [1.29, 1.82) is 0 Å². The predicted octanol–water partition coefficient (Wildman–Crippen LogP) is 7.57. The molecule has 0 saturated heterocycles. The third kappa shape index (κ3) is 18.0. The van der Waals surface area contributed by atoms with E-state index in [1.165, 1.54) is 121 Å². The molecule has 0 atom stereocenters. The lowest BCUT2D eigenvalue weighted by molar-refractivity contribution is 0.139. The second-order valence-electron chi connectivity index (χ2n) is 12.5. The minimum Gasteiger partial charge on any atom is -0.380 e. The van der Waals surface area contributed by atoms with E-state index in [0.717, 1.165) is 13.0 Å². The van der Waals surface area contributed by atoms with E-state index in [9.17, 15) is 9.36 Å². The number of nitrogens with one attached hydrogen (secondary N) is 2. The molecule has 0 unspecified atom stereocenters. The van der Waals surface area contributed by atoms with Crippen molar-refractivity contribution in [3.05, 3.63) is 52.6 Å². The van der Waals surface area contributed by atoms with E-state index >= 15 is 0 Å². The van der Waals surface area contributed by atoms with Crippen LogP contribution in [0.5, 0.6) is 0 Å². The first-order valence-corrected chi connectivity index (χ1v) is 19.7. The number of ether oxygens (including phenoxy) is 2. The summed E-state index contributed by atoms with van der Waals surface area (Å²) in [5.41, 5.74) is 1.68. The van der Waals surface area contributed by atoms with Crippen LogP contribution in [-0.2, 0) is 27.0 Å². The summed E-state index contributed by atoms with van der Waals surface area (Å²) in [5.74, 6) is 0.320. The molecule has 1 aromatic carbocycles. The number of fused-ring (bicyclic) bond motifs is 1. The van der Waals surface area contributed by atoms with E-state index in [1.54, 1.807) is 4.57 Å². The van der Waals surface area contributed by atoms with Gasteiger partial charge in [0.25, 0.3) is 5.56 Å². The Morgan fingerprint density at radius 3 is 1.91 bits per heavy atom. The molecule has 0 fully saturated rings. The van der Waals surface area contributed by atoms with Crippen molar-refractivity contribution in [3.8, 4) is 0 Å². The molecule has 0 amide bonds. The fourth-order valence-electron chi connectivity index (χ4n) is 5.72. The lowest BCUT2D eigenvalue weighted by atomic mass is 10.0. The molecule has 0 aliphatic heterocycles. The van der Waals surface area contributed by atoms with Gasteiger partial charge in [-0.2, -0.15) is 4.98 Å². The van der Waals surface area contributed by atoms with Gasteiger partial charge in [0, 0.05) is 19.7 Å². The second kappa shape index (κ2) is 23.7. The molecule has 0 spiro atoms. The van der Waals surface area contributed by atoms with Crippen LogP contribution in [0.25, 0.3) is 11.2 Å². The van der Waals surface area contributed by atoms with Gasteiger partial charge in [-0.15, -0.1) is 0 Å². The number of benzene rings is 1. The molecule has 0 saturated carbocycles. The lowest BCUT2D eigenvalue weighted by Crippen LogP contribution is -2.17. The van der Waals surface area contributed by atoms with Crippen LogP contribution in [0.15, 0.2) is 41.5 Å². The number of rotatable bonds is 29. The number of hydrogen-bond donors (Lipinski definition) is 4. The van der Waals surface area contributed by atoms with Gasteiger partial charge in [0.2, 0.25) is 5.95 Å². The van der Waals surface area contributed by atoms with Crippen molar-refractivity contribution in [2.45, 2.75) is 122 Å². The summed E-state index contributed by atoms with van der Waals surface area (Å²) in [5, 5.41) is 3.08. The number of anilines is 1. The van der Waals surface area contributed by atoms with Crippen molar-refractivity contribution in [1.82, 2.24) is 19.5 Å². The van der Waals surface area contributed by atoms with E-state index in [-0.39, 0.29) is 24.2 Å². The molecule has 264 valence electrons. The van der Waals surface area contributed by atoms with Crippen molar-refractivity contribution in [2.75, 3.05) is 38.0 Å². The highest BCUT2D eigenvalue weighted by Gasteiger charge is 2.14. The minimum atomic E-state index is -4.22. The summed E-state index contributed by atoms with van der Waals surface area (Å²) in [6.07, 6.45) is 24.8. The smallest absolute Gasteiger partial charge is 0.350 e. The van der Waals surface area contributed by atoms with Crippen LogP contribution in [-0.4, -0.2) is 62.0 Å². The molecule has 12 heteroatoms. The highest BCUT2D eigenvalue weighted by molar-refractivity contribution is 7.51. The van der Waals surface area contributed by atoms with E-state index in [2.05, 4.69) is 50.6 Å². The number of aromatic amines is 1. The highest BCUT2D eigenvalue weighted by Crippen LogP contribution is 2.33. The number of H-pyrrole nitrogens is 1. The average Bonchev–Trinajstić information content (AvgIpc) is 3.47. The number of unbranched alkanes of at least 4 members (excludes halogenated alkanes) is 16. The Bertz CT molecular complexity index is 1330. The Balaban J connectivity index is 1.06. The molecular formula is C35H58N5O6P. The molecule has 2 heterocycles. The van der Waals surface area contributed by atoms with Crippen LogP contribution >= 0.6 is 7.60 Å². The maximum atomic E-state index is 12.3. The molecule has 0 bridgehead atoms. The van der Waals surface area contributed by atoms with Crippen molar-refractivity contribution < 1.29 is 23.8 Å². The zero-order chi connectivity index (χ0) is 33.4. The van der Waals surface area contributed by atoms with Crippen LogP contribution in [0.1, 0.15) is 115 Å². The van der Waals surface area contributed by atoms with Gasteiger partial charge in [0.05, 0.1) is 19.5 Å². The molecule has 0 radical (unpaired) electrons. The zero-order valence-electron chi connectivity index (χ0n) is 28.3. The largest absolute Gasteiger partial charge is 0.380 e. The summed E-state index contributed by atoms with van der Waals surface area (Å²) >= 11 is 0. The quantitative estimate of drug-likeness (QED) is 0.0431. The molecule has 2 aromatic heterocycles. The Labute approximate surface area is 280 Å². The average molecular weight is 676 g/mol. The Morgan fingerprint density at radius 2 is 1.32 bits per heavy atom. The fourth-order valence-corrected chi connectivity index (χ4v) is 6.09. The van der Waals surface area contributed by atoms with Gasteiger partial charge in [-0.05, 0) is 24.8 Å². The van der Waals surface area contributed by atoms with Gasteiger partial charge in [-0.3, -0.25) is 14.3 Å². The number of nitrogens with zero attached hydrogens (tertiary/aromatic N) is 3. The summed E-state index contributed by atoms with van der Waals surface area (Å²) in [6.45, 7) is 2.04. The molecule has 3 rings (SSSR count). The van der Waals surface area contributed by atoms with Crippen LogP contribution in [0.2, 0.25) is 0 Å². The Hall–Kier alpha value is -2.56. The maximum Gasteiger partial charge on any atom is 0.350 e. The summed E-state index contributed by atoms with van der Waals surface area (Å²) in [4.78, 5) is 41.3. The Kier molecular flexibility index (Phi) is 19.6. The van der Waals surface area contributed by atoms with Crippen LogP contribution in [0, 0.1) is 0 Å². The molecule has 0 aliphatic carbocycles. The van der Waals surface area contributed by atoms with Gasteiger partial charge in [-0.25, -0.2) is 4.98 Å². The van der Waals surface area contributed by atoms with E-state index in [4.69, 9.17) is 19.3 Å². The predicted molar refractivity (Wildman–Crippen MR) is 189 cm³/mol. The van der Waals surface area contributed by atoms with Gasteiger partial charge < -0.3 is 29.1 Å². The van der Waals surface area contributed by atoms with Crippen LogP contribution in [0.4, 0.5) is 5.95 Å². The van der Waals surface area contributed by atoms with Gasteiger partial charge in [-0.1, -0.05) is 127 Å². The van der Waals surface area contributed by atoms with E-state index in [1.807, 2.05) is 0 Å². The second-order valence-corrected chi connectivity index (χ2v) is 14.1. The molecule has 0 aliphatic rings. The molecule has 3 aromatic rings. The zero-order valence-corrected chi connectivity index (χ0v) is 29.1. The van der Waals surface area contributed by atoms with Crippen molar-refractivity contribution in [3.63, 3.8) is 0 Å². The van der Waals surface area contributed by atoms with Gasteiger partial charge in [0.15, 0.2) is 11.2 Å². The molecule has 4 N–H and O–H groups in total. The Morgan fingerprint density at radius 1 is 0.745 bits per heavy atom. The number of imidazole rings is 1. The van der Waals surface area contributed by atoms with Crippen molar-refractivity contribution in [2.24, 2.45) is 0 Å². The molecular weight excluding hydrogens is 617 g/mol. The topological polar surface area (TPSA) is 152 Å². The summed E-state index contributed by atoms with van der Waals surface area (Å²) in [6, 6.07) is 10.8. The SMILES string of the molecule is O=c1[nH]c(NCCOCCCCCCCCCCCCCCCCCCCc2ccccc2)nc2c1ncn2CCOCP(=O)(O)O. The van der Waals surface area contributed by atoms with E-state index < -0.39 is 13.9 Å². The maximum absolute atomic E-state index is 12.3. The van der Waals surface area contributed by atoms with Gasteiger partial charge >= 0.3 is 7.60 Å². The molecule has 47 heavy (non-hydrogen) atoms. The third-order valence-electron chi connectivity index (χ3n) is 8.35. The highest BCUT2D eigenvalue weighted by atomic mass is 31.2. The minimum absolute atomic E-state index is 0.0545. The fraction of sp³-hybridized carbons (Fsp3) is 0.686.